The quantitative estimate of drug-likeness (QED) is 0.714. The van der Waals surface area contributed by atoms with Gasteiger partial charge in [0.15, 0.2) is 0 Å². The normalized spacial score (nSPS) is 16.3. The van der Waals surface area contributed by atoms with E-state index in [1.54, 1.807) is 12.1 Å². The molecule has 1 saturated heterocycles. The van der Waals surface area contributed by atoms with Crippen LogP contribution in [0.15, 0.2) is 48.5 Å². The van der Waals surface area contributed by atoms with E-state index in [2.05, 4.69) is 26.7 Å². The highest BCUT2D eigenvalue weighted by molar-refractivity contribution is 5.54. The molecule has 0 N–H and O–H groups in total. The van der Waals surface area contributed by atoms with Gasteiger partial charge >= 0.3 is 6.36 Å². The molecule has 0 aliphatic carbocycles. The molecular formula is C21H25F3N2O2. The van der Waals surface area contributed by atoms with E-state index < -0.39 is 6.36 Å². The van der Waals surface area contributed by atoms with Crippen LogP contribution in [-0.4, -0.2) is 44.6 Å². The van der Waals surface area contributed by atoms with Crippen molar-refractivity contribution in [3.05, 3.63) is 59.7 Å². The average molecular weight is 394 g/mol. The van der Waals surface area contributed by atoms with Crippen LogP contribution in [0.2, 0.25) is 0 Å². The third-order valence-corrected chi connectivity index (χ3v) is 5.02. The molecule has 1 unspecified atom stereocenters. The number of alkyl halides is 3. The molecule has 0 bridgehead atoms. The maximum Gasteiger partial charge on any atom is 0.573 e. The van der Waals surface area contributed by atoms with Gasteiger partial charge in [0.2, 0.25) is 0 Å². The first kappa shape index (κ1) is 20.5. The standard InChI is InChI=1S/C21H25F3N2O2/c1-16(17-7-9-19(10-8-17)28-21(22,23)24)25(2)15-18-5-3-4-6-20(18)26-11-13-27-14-12-26/h3-10,16H,11-15H2,1-2H3. The number of halogens is 3. The molecule has 7 heteroatoms. The van der Waals surface area contributed by atoms with Crippen LogP contribution < -0.4 is 9.64 Å². The van der Waals surface area contributed by atoms with Gasteiger partial charge in [0.25, 0.3) is 0 Å². The van der Waals surface area contributed by atoms with Crippen molar-refractivity contribution in [3.63, 3.8) is 0 Å². The van der Waals surface area contributed by atoms with Gasteiger partial charge in [-0.05, 0) is 43.3 Å². The fraction of sp³-hybridized carbons (Fsp3) is 0.429. The topological polar surface area (TPSA) is 24.9 Å². The minimum Gasteiger partial charge on any atom is -0.406 e. The number of morpholine rings is 1. The van der Waals surface area contributed by atoms with Crippen LogP contribution in [0.5, 0.6) is 5.75 Å². The van der Waals surface area contributed by atoms with Gasteiger partial charge in [-0.3, -0.25) is 4.90 Å². The van der Waals surface area contributed by atoms with E-state index >= 15 is 0 Å². The molecule has 152 valence electrons. The maximum atomic E-state index is 12.3. The SMILES string of the molecule is CC(c1ccc(OC(F)(F)F)cc1)N(C)Cc1ccccc1N1CCOCC1. The van der Waals surface area contributed by atoms with Gasteiger partial charge in [0.1, 0.15) is 5.75 Å². The fourth-order valence-corrected chi connectivity index (χ4v) is 3.37. The van der Waals surface area contributed by atoms with Crippen molar-refractivity contribution in [2.75, 3.05) is 38.3 Å². The van der Waals surface area contributed by atoms with E-state index in [1.807, 2.05) is 26.1 Å². The minimum absolute atomic E-state index is 0.0395. The summed E-state index contributed by atoms with van der Waals surface area (Å²) in [4.78, 5) is 4.51. The van der Waals surface area contributed by atoms with Crippen molar-refractivity contribution < 1.29 is 22.6 Å². The molecule has 28 heavy (non-hydrogen) atoms. The minimum atomic E-state index is -4.67. The summed E-state index contributed by atoms with van der Waals surface area (Å²) in [5, 5.41) is 0. The summed E-state index contributed by atoms with van der Waals surface area (Å²) < 4.78 is 46.4. The van der Waals surface area contributed by atoms with E-state index in [0.717, 1.165) is 38.4 Å². The van der Waals surface area contributed by atoms with Crippen molar-refractivity contribution in [2.24, 2.45) is 0 Å². The highest BCUT2D eigenvalue weighted by Gasteiger charge is 2.31. The highest BCUT2D eigenvalue weighted by atomic mass is 19.4. The van der Waals surface area contributed by atoms with Crippen LogP contribution in [0, 0.1) is 0 Å². The molecule has 4 nitrogen and oxygen atoms in total. The fourth-order valence-electron chi connectivity index (χ4n) is 3.37. The molecule has 0 amide bonds. The van der Waals surface area contributed by atoms with Gasteiger partial charge in [0.05, 0.1) is 13.2 Å². The Morgan fingerprint density at radius 1 is 1.07 bits per heavy atom. The number of anilines is 1. The zero-order chi connectivity index (χ0) is 20.1. The van der Waals surface area contributed by atoms with Crippen molar-refractivity contribution in [2.45, 2.75) is 25.9 Å². The van der Waals surface area contributed by atoms with Crippen LogP contribution in [0.1, 0.15) is 24.1 Å². The summed E-state index contributed by atoms with van der Waals surface area (Å²) in [5.41, 5.74) is 3.36. The number of ether oxygens (including phenoxy) is 2. The summed E-state index contributed by atoms with van der Waals surface area (Å²) in [6, 6.07) is 14.4. The first-order chi connectivity index (χ1) is 13.3. The third kappa shape index (κ3) is 5.39. The van der Waals surface area contributed by atoms with Crippen molar-refractivity contribution >= 4 is 5.69 Å². The Bertz CT molecular complexity index is 759. The Hall–Kier alpha value is -2.25. The van der Waals surface area contributed by atoms with Crippen LogP contribution in [0.3, 0.4) is 0 Å². The highest BCUT2D eigenvalue weighted by Crippen LogP contribution is 2.28. The summed E-state index contributed by atoms with van der Waals surface area (Å²) in [5.74, 6) is -0.205. The number of hydrogen-bond acceptors (Lipinski definition) is 4. The summed E-state index contributed by atoms with van der Waals surface area (Å²) in [6.07, 6.45) is -4.67. The lowest BCUT2D eigenvalue weighted by Gasteiger charge is -2.32. The third-order valence-electron chi connectivity index (χ3n) is 5.02. The van der Waals surface area contributed by atoms with Crippen LogP contribution >= 0.6 is 0 Å². The van der Waals surface area contributed by atoms with Crippen LogP contribution in [-0.2, 0) is 11.3 Å². The van der Waals surface area contributed by atoms with Gasteiger partial charge in [-0.25, -0.2) is 0 Å². The number of benzene rings is 2. The van der Waals surface area contributed by atoms with E-state index in [4.69, 9.17) is 4.74 Å². The summed E-state index contributed by atoms with van der Waals surface area (Å²) in [6.45, 7) is 5.97. The molecule has 3 rings (SSSR count). The smallest absolute Gasteiger partial charge is 0.406 e. The largest absolute Gasteiger partial charge is 0.573 e. The van der Waals surface area contributed by atoms with Gasteiger partial charge in [0, 0.05) is 31.4 Å². The molecule has 0 saturated carbocycles. The van der Waals surface area contributed by atoms with Crippen LogP contribution in [0.25, 0.3) is 0 Å². The van der Waals surface area contributed by atoms with Gasteiger partial charge in [-0.15, -0.1) is 13.2 Å². The summed E-state index contributed by atoms with van der Waals surface area (Å²) in [7, 11) is 2.01. The van der Waals surface area contributed by atoms with Crippen molar-refractivity contribution in [1.82, 2.24) is 4.90 Å². The van der Waals surface area contributed by atoms with E-state index in [9.17, 15) is 13.2 Å². The lowest BCUT2D eigenvalue weighted by Crippen LogP contribution is -2.37. The molecule has 1 aliphatic heterocycles. The summed E-state index contributed by atoms with van der Waals surface area (Å²) >= 11 is 0. The number of rotatable bonds is 6. The monoisotopic (exact) mass is 394 g/mol. The first-order valence-electron chi connectivity index (χ1n) is 9.30. The molecule has 0 radical (unpaired) electrons. The van der Waals surface area contributed by atoms with E-state index in [-0.39, 0.29) is 11.8 Å². The Morgan fingerprint density at radius 2 is 1.71 bits per heavy atom. The van der Waals surface area contributed by atoms with E-state index in [0.29, 0.717) is 0 Å². The average Bonchev–Trinajstić information content (AvgIpc) is 2.68. The molecule has 1 aliphatic rings. The van der Waals surface area contributed by atoms with Crippen LogP contribution in [0.4, 0.5) is 18.9 Å². The number of para-hydroxylation sites is 1. The second-order valence-corrected chi connectivity index (χ2v) is 6.94. The first-order valence-corrected chi connectivity index (χ1v) is 9.30. The molecule has 1 heterocycles. The molecular weight excluding hydrogens is 369 g/mol. The second kappa shape index (κ2) is 8.84. The number of hydrogen-bond donors (Lipinski definition) is 0. The van der Waals surface area contributed by atoms with Gasteiger partial charge in [-0.2, -0.15) is 0 Å². The molecule has 2 aromatic carbocycles. The Morgan fingerprint density at radius 3 is 2.36 bits per heavy atom. The Kier molecular flexibility index (Phi) is 6.46. The lowest BCUT2D eigenvalue weighted by molar-refractivity contribution is -0.274. The predicted molar refractivity (Wildman–Crippen MR) is 102 cm³/mol. The molecule has 1 fully saturated rings. The lowest BCUT2D eigenvalue weighted by atomic mass is 10.1. The second-order valence-electron chi connectivity index (χ2n) is 6.94. The van der Waals surface area contributed by atoms with Crippen molar-refractivity contribution in [3.8, 4) is 5.75 Å². The molecule has 0 aromatic heterocycles. The Balaban J connectivity index is 1.68. The zero-order valence-corrected chi connectivity index (χ0v) is 16.1. The predicted octanol–water partition coefficient (Wildman–Crippen LogP) is 4.61. The zero-order valence-electron chi connectivity index (χ0n) is 16.1. The van der Waals surface area contributed by atoms with E-state index in [1.165, 1.54) is 23.4 Å². The van der Waals surface area contributed by atoms with Gasteiger partial charge < -0.3 is 14.4 Å². The molecule has 1 atom stereocenters. The van der Waals surface area contributed by atoms with Gasteiger partial charge in [-0.1, -0.05) is 30.3 Å². The van der Waals surface area contributed by atoms with Crippen molar-refractivity contribution in [1.29, 1.82) is 0 Å². The molecule has 0 spiro atoms. The maximum absolute atomic E-state index is 12.3. The molecule has 2 aromatic rings. The number of nitrogens with zero attached hydrogens (tertiary/aromatic N) is 2. The Labute approximate surface area is 163 Å².